The fourth-order valence-electron chi connectivity index (χ4n) is 0.879. The van der Waals surface area contributed by atoms with Crippen LogP contribution in [-0.2, 0) is 4.79 Å². The van der Waals surface area contributed by atoms with E-state index in [2.05, 4.69) is 11.4 Å². The highest BCUT2D eigenvalue weighted by Crippen LogP contribution is 2.16. The molecular formula is C9H9N2O3. The summed E-state index contributed by atoms with van der Waals surface area (Å²) >= 11 is 0. The van der Waals surface area contributed by atoms with Crippen LogP contribution < -0.4 is 5.32 Å². The van der Waals surface area contributed by atoms with Crippen molar-refractivity contribution in [1.29, 1.82) is 0 Å². The van der Waals surface area contributed by atoms with Crippen molar-refractivity contribution in [2.24, 2.45) is 0 Å². The van der Waals surface area contributed by atoms with Gasteiger partial charge in [0, 0.05) is 24.6 Å². The van der Waals surface area contributed by atoms with Gasteiger partial charge in [-0.15, -0.1) is 0 Å². The fraction of sp³-hybridized carbons (Fsp3) is 0.222. The van der Waals surface area contributed by atoms with Crippen LogP contribution in [0.25, 0.3) is 0 Å². The van der Waals surface area contributed by atoms with Crippen molar-refractivity contribution in [3.8, 4) is 0 Å². The summed E-state index contributed by atoms with van der Waals surface area (Å²) in [5.41, 5.74) is 0.265. The summed E-state index contributed by atoms with van der Waals surface area (Å²) in [6.07, 6.45) is 0.330. The zero-order chi connectivity index (χ0) is 10.6. The largest absolute Gasteiger partial charge is 0.325 e. The molecule has 0 aliphatic heterocycles. The first-order valence-corrected chi connectivity index (χ1v) is 4.09. The summed E-state index contributed by atoms with van der Waals surface area (Å²) in [6.45, 7) is 1.70. The van der Waals surface area contributed by atoms with Gasteiger partial charge < -0.3 is 5.32 Å². The predicted octanol–water partition coefficient (Wildman–Crippen LogP) is 1.74. The summed E-state index contributed by atoms with van der Waals surface area (Å²) < 4.78 is 0. The minimum absolute atomic E-state index is 0.0600. The Morgan fingerprint density at radius 2 is 2.43 bits per heavy atom. The monoisotopic (exact) mass is 193 g/mol. The van der Waals surface area contributed by atoms with E-state index in [-0.39, 0.29) is 11.6 Å². The van der Waals surface area contributed by atoms with Crippen LogP contribution in [0.5, 0.6) is 0 Å². The van der Waals surface area contributed by atoms with E-state index >= 15 is 0 Å². The molecule has 1 amide bonds. The Morgan fingerprint density at radius 1 is 1.71 bits per heavy atom. The third-order valence-corrected chi connectivity index (χ3v) is 1.59. The molecule has 0 aliphatic rings. The second kappa shape index (κ2) is 4.36. The number of non-ortho nitro benzene ring substituents is 1. The Morgan fingerprint density at radius 3 is 3.00 bits per heavy atom. The SMILES string of the molecule is CCC(=O)Nc1[c]ccc([N+](=O)[O-])c1. The summed E-state index contributed by atoms with van der Waals surface area (Å²) in [7, 11) is 0. The molecule has 0 bridgehead atoms. The summed E-state index contributed by atoms with van der Waals surface area (Å²) in [6, 6.07) is 6.69. The molecular weight excluding hydrogens is 184 g/mol. The molecule has 0 saturated carbocycles. The van der Waals surface area contributed by atoms with Gasteiger partial charge in [-0.2, -0.15) is 0 Å². The van der Waals surface area contributed by atoms with E-state index in [0.717, 1.165) is 0 Å². The molecule has 1 aromatic rings. The maximum atomic E-state index is 11.0. The fourth-order valence-corrected chi connectivity index (χ4v) is 0.879. The molecule has 0 saturated heterocycles. The lowest BCUT2D eigenvalue weighted by Crippen LogP contribution is -2.09. The number of nitro groups is 1. The highest BCUT2D eigenvalue weighted by Gasteiger charge is 2.06. The Hall–Kier alpha value is -1.91. The maximum absolute atomic E-state index is 11.0. The Kier molecular flexibility index (Phi) is 3.17. The molecule has 14 heavy (non-hydrogen) atoms. The van der Waals surface area contributed by atoms with E-state index in [0.29, 0.717) is 12.1 Å². The number of benzene rings is 1. The van der Waals surface area contributed by atoms with Gasteiger partial charge in [-0.3, -0.25) is 14.9 Å². The van der Waals surface area contributed by atoms with E-state index in [9.17, 15) is 14.9 Å². The van der Waals surface area contributed by atoms with Crippen LogP contribution in [0.1, 0.15) is 13.3 Å². The van der Waals surface area contributed by atoms with Crippen molar-refractivity contribution >= 4 is 17.3 Å². The zero-order valence-corrected chi connectivity index (χ0v) is 7.61. The van der Waals surface area contributed by atoms with E-state index in [1.165, 1.54) is 18.2 Å². The molecule has 0 fully saturated rings. The number of amides is 1. The molecule has 5 nitrogen and oxygen atoms in total. The Bertz CT molecular complexity index is 363. The van der Waals surface area contributed by atoms with Crippen LogP contribution in [0.3, 0.4) is 0 Å². The Labute approximate surface area is 80.9 Å². The molecule has 0 aromatic heterocycles. The topological polar surface area (TPSA) is 72.2 Å². The third-order valence-electron chi connectivity index (χ3n) is 1.59. The number of nitro benzene ring substituents is 1. The molecule has 1 aromatic carbocycles. The lowest BCUT2D eigenvalue weighted by Gasteiger charge is -2.01. The van der Waals surface area contributed by atoms with Crippen LogP contribution in [-0.4, -0.2) is 10.8 Å². The number of carbonyl (C=O) groups is 1. The number of nitrogens with zero attached hydrogens (tertiary/aromatic N) is 1. The van der Waals surface area contributed by atoms with E-state index in [1.807, 2.05) is 0 Å². The van der Waals surface area contributed by atoms with Gasteiger partial charge in [0.1, 0.15) is 0 Å². The van der Waals surface area contributed by atoms with Gasteiger partial charge in [0.05, 0.1) is 10.6 Å². The van der Waals surface area contributed by atoms with Crippen LogP contribution >= 0.6 is 0 Å². The lowest BCUT2D eigenvalue weighted by molar-refractivity contribution is -0.384. The number of carbonyl (C=O) groups excluding carboxylic acids is 1. The van der Waals surface area contributed by atoms with E-state index < -0.39 is 4.92 Å². The second-order valence-electron chi connectivity index (χ2n) is 2.62. The van der Waals surface area contributed by atoms with Crippen molar-refractivity contribution < 1.29 is 9.72 Å². The van der Waals surface area contributed by atoms with Crippen molar-refractivity contribution in [3.05, 3.63) is 34.4 Å². The molecule has 73 valence electrons. The maximum Gasteiger partial charge on any atom is 0.271 e. The lowest BCUT2D eigenvalue weighted by atomic mass is 10.3. The van der Waals surface area contributed by atoms with Gasteiger partial charge in [0.25, 0.3) is 5.69 Å². The van der Waals surface area contributed by atoms with Gasteiger partial charge in [-0.1, -0.05) is 6.92 Å². The molecule has 1 radical (unpaired) electrons. The molecule has 0 aliphatic carbocycles. The van der Waals surface area contributed by atoms with Crippen LogP contribution in [0, 0.1) is 16.2 Å². The van der Waals surface area contributed by atoms with Gasteiger partial charge in [-0.05, 0) is 6.07 Å². The first-order valence-electron chi connectivity index (χ1n) is 4.09. The molecule has 0 unspecified atom stereocenters. The minimum atomic E-state index is -0.518. The van der Waals surface area contributed by atoms with Gasteiger partial charge in [0.2, 0.25) is 5.91 Å². The van der Waals surface area contributed by atoms with Gasteiger partial charge >= 0.3 is 0 Å². The Balaban J connectivity index is 2.83. The van der Waals surface area contributed by atoms with Crippen molar-refractivity contribution in [3.63, 3.8) is 0 Å². The predicted molar refractivity (Wildman–Crippen MR) is 50.9 cm³/mol. The second-order valence-corrected chi connectivity index (χ2v) is 2.62. The van der Waals surface area contributed by atoms with Crippen LogP contribution in [0.4, 0.5) is 11.4 Å². The highest BCUT2D eigenvalue weighted by molar-refractivity contribution is 5.90. The number of rotatable bonds is 3. The zero-order valence-electron chi connectivity index (χ0n) is 7.61. The van der Waals surface area contributed by atoms with Gasteiger partial charge in [0.15, 0.2) is 0 Å². The molecule has 5 heteroatoms. The van der Waals surface area contributed by atoms with Crippen LogP contribution in [0.2, 0.25) is 0 Å². The summed E-state index contributed by atoms with van der Waals surface area (Å²) in [4.78, 5) is 20.8. The normalized spacial score (nSPS) is 9.50. The number of nitrogens with one attached hydrogen (secondary N) is 1. The number of hydrogen-bond donors (Lipinski definition) is 1. The highest BCUT2D eigenvalue weighted by atomic mass is 16.6. The van der Waals surface area contributed by atoms with Crippen molar-refractivity contribution in [2.75, 3.05) is 5.32 Å². The average molecular weight is 193 g/mol. The van der Waals surface area contributed by atoms with E-state index in [1.54, 1.807) is 6.92 Å². The average Bonchev–Trinajstić information content (AvgIpc) is 2.18. The first kappa shape index (κ1) is 10.2. The van der Waals surface area contributed by atoms with Crippen molar-refractivity contribution in [2.45, 2.75) is 13.3 Å². The standard InChI is InChI=1S/C9H9N2O3/c1-2-9(12)10-7-4-3-5-8(6-7)11(13)14/h3,5-6H,2H2,1H3,(H,10,12). The molecule has 1 N–H and O–H groups in total. The summed E-state index contributed by atoms with van der Waals surface area (Å²) in [5.74, 6) is -0.193. The van der Waals surface area contributed by atoms with Gasteiger partial charge in [-0.25, -0.2) is 0 Å². The quantitative estimate of drug-likeness (QED) is 0.587. The molecule has 1 rings (SSSR count). The molecule has 0 spiro atoms. The first-order chi connectivity index (χ1) is 6.63. The molecule has 0 heterocycles. The van der Waals surface area contributed by atoms with E-state index in [4.69, 9.17) is 0 Å². The third kappa shape index (κ3) is 2.55. The van der Waals surface area contributed by atoms with Crippen LogP contribution in [0.15, 0.2) is 18.2 Å². The smallest absolute Gasteiger partial charge is 0.271 e. The number of hydrogen-bond acceptors (Lipinski definition) is 3. The summed E-state index contributed by atoms with van der Waals surface area (Å²) in [5, 5.41) is 12.9. The van der Waals surface area contributed by atoms with Crippen molar-refractivity contribution in [1.82, 2.24) is 0 Å². The number of anilines is 1. The minimum Gasteiger partial charge on any atom is -0.325 e. The molecule has 0 atom stereocenters.